The molecule has 0 saturated heterocycles. The number of aromatic nitrogens is 1. The summed E-state index contributed by atoms with van der Waals surface area (Å²) in [6.45, 7) is 1.97. The van der Waals surface area contributed by atoms with E-state index in [0.717, 1.165) is 33.3 Å². The number of aliphatic carboxylic acids is 1. The van der Waals surface area contributed by atoms with E-state index < -0.39 is 5.97 Å². The molecular weight excluding hydrogens is 314 g/mol. The number of hydrogen-bond donors (Lipinski definition) is 2. The van der Waals surface area contributed by atoms with Gasteiger partial charge >= 0.3 is 5.97 Å². The quantitative estimate of drug-likeness (QED) is 0.744. The second-order valence-corrected chi connectivity index (χ2v) is 5.86. The first-order valence-corrected chi connectivity index (χ1v) is 7.54. The van der Waals surface area contributed by atoms with Crippen molar-refractivity contribution in [3.8, 4) is 17.0 Å². The maximum Gasteiger partial charge on any atom is 0.307 e. The summed E-state index contributed by atoms with van der Waals surface area (Å²) in [4.78, 5) is 14.7. The number of ether oxygens (including phenoxy) is 1. The van der Waals surface area contributed by atoms with Crippen molar-refractivity contribution < 1.29 is 14.6 Å². The number of rotatable bonds is 4. The Labute approximate surface area is 138 Å². The monoisotopic (exact) mass is 329 g/mol. The number of aryl methyl sites for hydroxylation is 1. The maximum absolute atomic E-state index is 11.3. The van der Waals surface area contributed by atoms with Crippen molar-refractivity contribution in [3.05, 3.63) is 52.5 Å². The Balaban J connectivity index is 2.29. The lowest BCUT2D eigenvalue weighted by Gasteiger charge is -2.04. The molecule has 1 heterocycles. The Morgan fingerprint density at radius 1 is 1.26 bits per heavy atom. The van der Waals surface area contributed by atoms with Crippen LogP contribution in [0.4, 0.5) is 0 Å². The van der Waals surface area contributed by atoms with Crippen LogP contribution in [0.25, 0.3) is 22.2 Å². The normalized spacial score (nSPS) is 10.9. The van der Waals surface area contributed by atoms with Gasteiger partial charge < -0.3 is 14.8 Å². The lowest BCUT2D eigenvalue weighted by molar-refractivity contribution is -0.136. The third kappa shape index (κ3) is 2.90. The van der Waals surface area contributed by atoms with Gasteiger partial charge in [0.25, 0.3) is 0 Å². The van der Waals surface area contributed by atoms with Crippen LogP contribution in [0.2, 0.25) is 5.02 Å². The maximum atomic E-state index is 11.3. The van der Waals surface area contributed by atoms with Crippen LogP contribution in [0.1, 0.15) is 11.1 Å². The molecular formula is C18H16ClNO3. The highest BCUT2D eigenvalue weighted by atomic mass is 35.5. The van der Waals surface area contributed by atoms with Crippen molar-refractivity contribution in [2.45, 2.75) is 13.3 Å². The number of methoxy groups -OCH3 is 1. The molecule has 0 radical (unpaired) electrons. The number of carboxylic acid groups (broad SMARTS) is 1. The largest absolute Gasteiger partial charge is 0.497 e. The van der Waals surface area contributed by atoms with Crippen molar-refractivity contribution in [3.63, 3.8) is 0 Å². The van der Waals surface area contributed by atoms with Crippen molar-refractivity contribution in [1.82, 2.24) is 4.98 Å². The minimum Gasteiger partial charge on any atom is -0.497 e. The number of carboxylic acids is 1. The van der Waals surface area contributed by atoms with Crippen LogP contribution in [0.5, 0.6) is 5.75 Å². The number of halogens is 1. The zero-order chi connectivity index (χ0) is 16.6. The zero-order valence-electron chi connectivity index (χ0n) is 12.8. The number of benzene rings is 2. The Hall–Kier alpha value is -2.46. The third-order valence-electron chi connectivity index (χ3n) is 3.88. The molecule has 3 aromatic rings. The van der Waals surface area contributed by atoms with Crippen LogP contribution in [0.3, 0.4) is 0 Å². The molecule has 0 bridgehead atoms. The molecule has 1 aromatic heterocycles. The van der Waals surface area contributed by atoms with E-state index in [0.29, 0.717) is 10.8 Å². The molecule has 0 amide bonds. The predicted octanol–water partition coefficient (Wildman–Crippen LogP) is 4.43. The van der Waals surface area contributed by atoms with Gasteiger partial charge in [-0.15, -0.1) is 0 Å². The number of aromatic amines is 1. The Morgan fingerprint density at radius 2 is 1.96 bits per heavy atom. The summed E-state index contributed by atoms with van der Waals surface area (Å²) in [7, 11) is 1.60. The van der Waals surface area contributed by atoms with Gasteiger partial charge in [0.1, 0.15) is 5.75 Å². The lowest BCUT2D eigenvalue weighted by Crippen LogP contribution is -2.01. The van der Waals surface area contributed by atoms with Crippen LogP contribution in [-0.2, 0) is 11.2 Å². The van der Waals surface area contributed by atoms with E-state index in [2.05, 4.69) is 4.98 Å². The fraction of sp³-hybridized carbons (Fsp3) is 0.167. The minimum atomic E-state index is -0.874. The fourth-order valence-corrected chi connectivity index (χ4v) is 2.93. The van der Waals surface area contributed by atoms with Crippen molar-refractivity contribution in [2.75, 3.05) is 7.11 Å². The van der Waals surface area contributed by atoms with Gasteiger partial charge in [-0.25, -0.2) is 0 Å². The third-order valence-corrected chi connectivity index (χ3v) is 4.13. The molecule has 0 fully saturated rings. The van der Waals surface area contributed by atoms with Crippen LogP contribution in [-0.4, -0.2) is 23.2 Å². The van der Waals surface area contributed by atoms with Crippen LogP contribution in [0, 0.1) is 6.92 Å². The second kappa shape index (κ2) is 5.97. The standard InChI is InChI=1S/C18H16ClNO3/c1-10-7-13(23-2)8-14-15(9-16(21)22)18(20-17(10)14)11-3-5-12(19)6-4-11/h3-8,20H,9H2,1-2H3,(H,21,22). The molecule has 4 nitrogen and oxygen atoms in total. The highest BCUT2D eigenvalue weighted by Gasteiger charge is 2.18. The number of nitrogens with one attached hydrogen (secondary N) is 1. The molecule has 5 heteroatoms. The summed E-state index contributed by atoms with van der Waals surface area (Å²) in [5, 5.41) is 10.8. The van der Waals surface area contributed by atoms with E-state index in [9.17, 15) is 9.90 Å². The molecule has 0 spiro atoms. The predicted molar refractivity (Wildman–Crippen MR) is 91.4 cm³/mol. The lowest BCUT2D eigenvalue weighted by atomic mass is 10.0. The van der Waals surface area contributed by atoms with Gasteiger partial charge in [0.05, 0.1) is 19.2 Å². The zero-order valence-corrected chi connectivity index (χ0v) is 13.6. The Bertz CT molecular complexity index is 881. The highest BCUT2D eigenvalue weighted by Crippen LogP contribution is 2.35. The van der Waals surface area contributed by atoms with Crippen LogP contribution < -0.4 is 4.74 Å². The first-order chi connectivity index (χ1) is 11.0. The van der Waals surface area contributed by atoms with Gasteiger partial charge in [-0.1, -0.05) is 23.7 Å². The van der Waals surface area contributed by atoms with E-state index in [4.69, 9.17) is 16.3 Å². The SMILES string of the molecule is COc1cc(C)c2[nH]c(-c3ccc(Cl)cc3)c(CC(=O)O)c2c1. The first kappa shape index (κ1) is 15.4. The molecule has 0 aliphatic carbocycles. The minimum absolute atomic E-state index is 0.0649. The van der Waals surface area contributed by atoms with Crippen LogP contribution >= 0.6 is 11.6 Å². The summed E-state index contributed by atoms with van der Waals surface area (Å²) < 4.78 is 5.32. The molecule has 118 valence electrons. The molecule has 23 heavy (non-hydrogen) atoms. The smallest absolute Gasteiger partial charge is 0.307 e. The van der Waals surface area contributed by atoms with Gasteiger partial charge in [0.15, 0.2) is 0 Å². The van der Waals surface area contributed by atoms with Crippen LogP contribution in [0.15, 0.2) is 36.4 Å². The highest BCUT2D eigenvalue weighted by molar-refractivity contribution is 6.30. The van der Waals surface area contributed by atoms with Gasteiger partial charge in [-0.05, 0) is 47.9 Å². The first-order valence-electron chi connectivity index (χ1n) is 7.16. The molecule has 0 unspecified atom stereocenters. The second-order valence-electron chi connectivity index (χ2n) is 5.42. The summed E-state index contributed by atoms with van der Waals surface area (Å²) >= 11 is 5.95. The summed E-state index contributed by atoms with van der Waals surface area (Å²) in [5.74, 6) is -0.162. The fourth-order valence-electron chi connectivity index (χ4n) is 2.81. The summed E-state index contributed by atoms with van der Waals surface area (Å²) in [6.07, 6.45) is -0.0649. The Kier molecular flexibility index (Phi) is 4.01. The van der Waals surface area contributed by atoms with E-state index in [1.807, 2.05) is 31.2 Å². The molecule has 0 aliphatic rings. The van der Waals surface area contributed by atoms with E-state index >= 15 is 0 Å². The molecule has 0 aliphatic heterocycles. The van der Waals surface area contributed by atoms with Crippen molar-refractivity contribution >= 4 is 28.5 Å². The summed E-state index contributed by atoms with van der Waals surface area (Å²) in [5.41, 5.74) is 4.38. The van der Waals surface area contributed by atoms with E-state index in [1.165, 1.54) is 0 Å². The average Bonchev–Trinajstić information content (AvgIpc) is 2.86. The molecule has 3 rings (SSSR count). The summed E-state index contributed by atoms with van der Waals surface area (Å²) in [6, 6.07) is 11.1. The average molecular weight is 330 g/mol. The van der Waals surface area contributed by atoms with Gasteiger partial charge in [-0.3, -0.25) is 4.79 Å². The van der Waals surface area contributed by atoms with E-state index in [-0.39, 0.29) is 6.42 Å². The number of carbonyl (C=O) groups is 1. The molecule has 0 saturated carbocycles. The number of fused-ring (bicyclic) bond motifs is 1. The number of hydrogen-bond acceptors (Lipinski definition) is 2. The van der Waals surface area contributed by atoms with Gasteiger partial charge in [-0.2, -0.15) is 0 Å². The number of H-pyrrole nitrogens is 1. The van der Waals surface area contributed by atoms with Crippen molar-refractivity contribution in [2.24, 2.45) is 0 Å². The molecule has 2 aromatic carbocycles. The van der Waals surface area contributed by atoms with Gasteiger partial charge in [0, 0.05) is 15.9 Å². The molecule has 2 N–H and O–H groups in total. The Morgan fingerprint density at radius 3 is 2.57 bits per heavy atom. The molecule has 0 atom stereocenters. The topological polar surface area (TPSA) is 62.3 Å². The van der Waals surface area contributed by atoms with E-state index in [1.54, 1.807) is 19.2 Å². The van der Waals surface area contributed by atoms with Gasteiger partial charge in [0.2, 0.25) is 0 Å². The van der Waals surface area contributed by atoms with Crippen molar-refractivity contribution in [1.29, 1.82) is 0 Å².